The number of halogens is 3. The van der Waals surface area contributed by atoms with Crippen LogP contribution in [0.15, 0.2) is 65.1 Å². The van der Waals surface area contributed by atoms with Gasteiger partial charge in [0.05, 0.1) is 23.4 Å². The van der Waals surface area contributed by atoms with Crippen LogP contribution in [0.2, 0.25) is 11.1 Å². The van der Waals surface area contributed by atoms with Gasteiger partial charge in [0.2, 0.25) is 5.92 Å². The van der Waals surface area contributed by atoms with E-state index in [4.69, 9.17) is 4.74 Å². The zero-order chi connectivity index (χ0) is 25.7. The number of hydrogen-bond acceptors (Lipinski definition) is 2. The molecule has 1 heterocycles. The van der Waals surface area contributed by atoms with E-state index in [-0.39, 0.29) is 31.1 Å². The molecule has 0 radical (unpaired) electrons. The average Bonchev–Trinajstić information content (AvgIpc) is 3.09. The Balaban J connectivity index is 1.73. The van der Waals surface area contributed by atoms with Crippen LogP contribution >= 0.6 is 15.9 Å². The van der Waals surface area contributed by atoms with Crippen LogP contribution in [0.5, 0.6) is 0 Å². The van der Waals surface area contributed by atoms with Crippen molar-refractivity contribution in [3.63, 3.8) is 0 Å². The highest BCUT2D eigenvalue weighted by molar-refractivity contribution is 9.10. The first-order chi connectivity index (χ1) is 16.5. The van der Waals surface area contributed by atoms with E-state index < -0.39 is 14.0 Å². The third-order valence-corrected chi connectivity index (χ3v) is 14.1. The molecule has 3 rings (SSSR count). The molecule has 0 fully saturated rings. The lowest BCUT2D eigenvalue weighted by atomic mass is 10.2. The molecule has 0 unspecified atom stereocenters. The highest BCUT2D eigenvalue weighted by atomic mass is 79.9. The van der Waals surface area contributed by atoms with E-state index in [1.165, 1.54) is 10.4 Å². The van der Waals surface area contributed by atoms with Crippen molar-refractivity contribution in [2.45, 2.75) is 70.6 Å². The van der Waals surface area contributed by atoms with Gasteiger partial charge in [0.1, 0.15) is 13.8 Å². The Kier molecular flexibility index (Phi) is 9.10. The molecule has 0 aliphatic heterocycles. The molecule has 1 aromatic heterocycles. The van der Waals surface area contributed by atoms with Gasteiger partial charge in [-0.15, -0.1) is 0 Å². The van der Waals surface area contributed by atoms with E-state index >= 15 is 8.78 Å². The molecule has 2 aromatic carbocycles. The molecular weight excluding hydrogens is 526 g/mol. The van der Waals surface area contributed by atoms with Crippen molar-refractivity contribution in [3.8, 4) is 0 Å². The van der Waals surface area contributed by atoms with E-state index in [1.807, 2.05) is 43.4 Å². The molecule has 0 amide bonds. The second kappa shape index (κ2) is 11.5. The van der Waals surface area contributed by atoms with E-state index in [1.54, 1.807) is 4.68 Å². The number of alkyl halides is 2. The summed E-state index contributed by atoms with van der Waals surface area (Å²) < 4.78 is 38.8. The van der Waals surface area contributed by atoms with Crippen LogP contribution in [0, 0.1) is 0 Å². The van der Waals surface area contributed by atoms with E-state index in [9.17, 15) is 0 Å². The van der Waals surface area contributed by atoms with Crippen LogP contribution in [-0.4, -0.2) is 30.4 Å². The van der Waals surface area contributed by atoms with Gasteiger partial charge in [-0.25, -0.2) is 8.78 Å². The van der Waals surface area contributed by atoms with Crippen molar-refractivity contribution in [3.05, 3.63) is 76.5 Å². The third kappa shape index (κ3) is 6.30. The van der Waals surface area contributed by atoms with Crippen LogP contribution in [0.4, 0.5) is 8.78 Å². The maximum Gasteiger partial charge on any atom is 0.250 e. The van der Waals surface area contributed by atoms with Gasteiger partial charge in [-0.1, -0.05) is 98.7 Å². The number of hydrogen-bond donors (Lipinski definition) is 0. The molecule has 0 atom stereocenters. The van der Waals surface area contributed by atoms with Gasteiger partial charge in [0, 0.05) is 19.9 Å². The van der Waals surface area contributed by atoms with E-state index in [0.717, 1.165) is 22.3 Å². The van der Waals surface area contributed by atoms with Crippen molar-refractivity contribution < 1.29 is 13.5 Å². The summed E-state index contributed by atoms with van der Waals surface area (Å²) in [6.07, 6.45) is 0.387. The van der Waals surface area contributed by atoms with Crippen LogP contribution in [0.25, 0.3) is 0 Å². The van der Waals surface area contributed by atoms with Crippen molar-refractivity contribution in [1.82, 2.24) is 9.78 Å². The minimum Gasteiger partial charge on any atom is -0.375 e. The molecule has 0 N–H and O–H groups in total. The number of aromatic nitrogens is 2. The van der Waals surface area contributed by atoms with Gasteiger partial charge in [-0.05, 0) is 33.4 Å². The lowest BCUT2D eigenvalue weighted by molar-refractivity contribution is -0.0388. The summed E-state index contributed by atoms with van der Waals surface area (Å²) in [5.74, 6) is -2.80. The summed E-state index contributed by atoms with van der Waals surface area (Å²) in [5, 5.41) is 6.72. The number of rotatable bonds is 11. The number of aryl methyl sites for hydroxylation is 1. The minimum atomic E-state index is -2.80. The van der Waals surface area contributed by atoms with Crippen LogP contribution < -0.4 is 10.4 Å². The molecule has 3 aromatic rings. The Hall–Kier alpha value is -1.83. The molecule has 7 heteroatoms. The van der Waals surface area contributed by atoms with Gasteiger partial charge in [-0.2, -0.15) is 5.10 Å². The largest absolute Gasteiger partial charge is 0.375 e. The van der Waals surface area contributed by atoms with Crippen molar-refractivity contribution in [1.29, 1.82) is 0 Å². The fourth-order valence-corrected chi connectivity index (χ4v) is 11.5. The van der Waals surface area contributed by atoms with Crippen molar-refractivity contribution in [2.24, 2.45) is 7.05 Å². The quantitative estimate of drug-likeness (QED) is 0.191. The Morgan fingerprint density at radius 2 is 1.49 bits per heavy atom. The Morgan fingerprint density at radius 3 is 1.94 bits per heavy atom. The molecule has 3 nitrogen and oxygen atoms in total. The first-order valence-electron chi connectivity index (χ1n) is 12.3. The predicted molar refractivity (Wildman–Crippen MR) is 147 cm³/mol. The maximum atomic E-state index is 15.2. The fourth-order valence-electron chi connectivity index (χ4n) is 5.10. The first kappa shape index (κ1) is 27.7. The number of ether oxygens (including phenoxy) is 1. The van der Waals surface area contributed by atoms with Crippen LogP contribution in [0.3, 0.4) is 0 Å². The van der Waals surface area contributed by atoms with E-state index in [2.05, 4.69) is 73.0 Å². The van der Waals surface area contributed by atoms with Gasteiger partial charge >= 0.3 is 0 Å². The zero-order valence-corrected chi connectivity index (χ0v) is 24.0. The van der Waals surface area contributed by atoms with Crippen LogP contribution in [0.1, 0.15) is 51.9 Å². The van der Waals surface area contributed by atoms with Crippen LogP contribution in [-0.2, 0) is 24.8 Å². The maximum absolute atomic E-state index is 15.2. The normalized spacial score (nSPS) is 12.8. The summed E-state index contributed by atoms with van der Waals surface area (Å²) in [5.41, 5.74) is 1.82. The SMILES string of the molecule is CCc1c(Br)c(COCCC(F)(F)CC[Si](c2ccccc2)(c2ccccc2)C(C)(C)C)nn1C. The van der Waals surface area contributed by atoms with Crippen molar-refractivity contribution >= 4 is 34.4 Å². The number of benzene rings is 2. The molecule has 35 heavy (non-hydrogen) atoms. The average molecular weight is 564 g/mol. The Morgan fingerprint density at radius 1 is 0.943 bits per heavy atom. The predicted octanol–water partition coefficient (Wildman–Crippen LogP) is 6.74. The summed E-state index contributed by atoms with van der Waals surface area (Å²) in [6, 6.07) is 21.1. The highest BCUT2D eigenvalue weighted by Gasteiger charge is 2.48. The Bertz CT molecular complexity index is 1040. The standard InChI is InChI=1S/C28H37BrF2N2OSi/c1-6-25-26(29)24(32-33(25)5)21-34-19-17-28(30,31)18-20-35(27(2,3)4,22-13-9-7-10-14-22)23-15-11-8-12-16-23/h7-16H,6,17-21H2,1-5H3. The van der Waals surface area contributed by atoms with E-state index in [0.29, 0.717) is 6.04 Å². The topological polar surface area (TPSA) is 27.1 Å². The monoisotopic (exact) mass is 562 g/mol. The smallest absolute Gasteiger partial charge is 0.250 e. The first-order valence-corrected chi connectivity index (χ1v) is 15.3. The molecule has 0 bridgehead atoms. The van der Waals surface area contributed by atoms with Gasteiger partial charge < -0.3 is 4.74 Å². The second-order valence-corrected chi connectivity index (χ2v) is 16.0. The second-order valence-electron chi connectivity index (χ2n) is 10.2. The summed E-state index contributed by atoms with van der Waals surface area (Å²) in [7, 11) is -0.633. The van der Waals surface area contributed by atoms with Gasteiger partial charge in [0.25, 0.3) is 0 Å². The molecule has 0 saturated heterocycles. The summed E-state index contributed by atoms with van der Waals surface area (Å²) in [6.45, 7) is 8.89. The van der Waals surface area contributed by atoms with Gasteiger partial charge in [0.15, 0.2) is 0 Å². The third-order valence-electron chi connectivity index (χ3n) is 7.03. The molecule has 190 valence electrons. The minimum absolute atomic E-state index is 0.00177. The lowest BCUT2D eigenvalue weighted by Gasteiger charge is -2.45. The molecule has 0 spiro atoms. The Labute approximate surface area is 218 Å². The number of nitrogens with zero attached hydrogens (tertiary/aromatic N) is 2. The molecular formula is C28H37BrF2N2OSi. The fraction of sp³-hybridized carbons (Fsp3) is 0.464. The lowest BCUT2D eigenvalue weighted by Crippen LogP contribution is -2.64. The molecule has 0 saturated carbocycles. The summed E-state index contributed by atoms with van der Waals surface area (Å²) >= 11 is 3.56. The van der Waals surface area contributed by atoms with Crippen molar-refractivity contribution in [2.75, 3.05) is 6.61 Å². The highest BCUT2D eigenvalue weighted by Crippen LogP contribution is 2.41. The molecule has 0 aliphatic rings. The molecule has 0 aliphatic carbocycles. The zero-order valence-electron chi connectivity index (χ0n) is 21.5. The summed E-state index contributed by atoms with van der Waals surface area (Å²) in [4.78, 5) is 0. The van der Waals surface area contributed by atoms with Gasteiger partial charge in [-0.3, -0.25) is 4.68 Å².